The molecule has 0 saturated carbocycles. The van der Waals surface area contributed by atoms with E-state index >= 15 is 0 Å². The summed E-state index contributed by atoms with van der Waals surface area (Å²) in [5.74, 6) is 0.549. The van der Waals surface area contributed by atoms with Gasteiger partial charge in [0.05, 0.1) is 12.2 Å². The van der Waals surface area contributed by atoms with Gasteiger partial charge in [0.15, 0.2) is 5.78 Å². The van der Waals surface area contributed by atoms with E-state index in [0.29, 0.717) is 23.3 Å². The number of ketones is 1. The summed E-state index contributed by atoms with van der Waals surface area (Å²) in [4.78, 5) is 26.3. The maximum Gasteiger partial charge on any atom is 0.336 e. The summed E-state index contributed by atoms with van der Waals surface area (Å²) in [5, 5.41) is 3.35. The summed E-state index contributed by atoms with van der Waals surface area (Å²) in [5.41, 5.74) is 3.48. The van der Waals surface area contributed by atoms with Crippen LogP contribution in [0.25, 0.3) is 0 Å². The number of benzene rings is 2. The maximum atomic E-state index is 13.3. The fraction of sp³-hybridized carbons (Fsp3) is 0.333. The molecule has 0 amide bonds. The van der Waals surface area contributed by atoms with Gasteiger partial charge in [0, 0.05) is 29.3 Å². The van der Waals surface area contributed by atoms with E-state index in [9.17, 15) is 9.59 Å². The molecule has 0 bridgehead atoms. The van der Waals surface area contributed by atoms with Gasteiger partial charge in [0.1, 0.15) is 11.5 Å². The van der Waals surface area contributed by atoms with Crippen LogP contribution < -0.4 is 10.1 Å². The van der Waals surface area contributed by atoms with Crippen molar-refractivity contribution in [1.82, 2.24) is 5.32 Å². The van der Waals surface area contributed by atoms with Gasteiger partial charge < -0.3 is 14.8 Å². The molecular weight excluding hydrogens is 402 g/mol. The Morgan fingerprint density at radius 2 is 1.78 bits per heavy atom. The average molecular weight is 432 g/mol. The van der Waals surface area contributed by atoms with Gasteiger partial charge in [-0.25, -0.2) is 4.79 Å². The molecule has 2 aromatic carbocycles. The molecule has 1 N–H and O–H groups in total. The summed E-state index contributed by atoms with van der Waals surface area (Å²) < 4.78 is 11.4. The molecule has 1 aliphatic carbocycles. The molecule has 5 heteroatoms. The van der Waals surface area contributed by atoms with Crippen molar-refractivity contribution in [2.24, 2.45) is 5.41 Å². The molecule has 2 aromatic rings. The Morgan fingerprint density at radius 3 is 2.50 bits per heavy atom. The smallest absolute Gasteiger partial charge is 0.336 e. The standard InChI is InChI=1S/C27H29NO4/c1-5-31-26(30)23-17(2)28-21-15-27(3,4)16-22(29)25(21)24(23)18-10-9-13-20(14-18)32-19-11-7-6-8-12-19/h6-14,24,28H,5,15-16H2,1-4H3. The number of nitrogens with one attached hydrogen (secondary N) is 1. The monoisotopic (exact) mass is 431 g/mol. The molecule has 1 unspecified atom stereocenters. The Morgan fingerprint density at radius 1 is 1.06 bits per heavy atom. The molecule has 0 spiro atoms. The van der Waals surface area contributed by atoms with Crippen LogP contribution in [0.15, 0.2) is 77.1 Å². The summed E-state index contributed by atoms with van der Waals surface area (Å²) in [7, 11) is 0. The Balaban J connectivity index is 1.81. The number of allylic oxidation sites excluding steroid dienone is 3. The zero-order valence-electron chi connectivity index (χ0n) is 19.0. The van der Waals surface area contributed by atoms with Crippen LogP contribution >= 0.6 is 0 Å². The number of esters is 1. The third-order valence-electron chi connectivity index (χ3n) is 5.91. The Kier molecular flexibility index (Phi) is 5.92. The van der Waals surface area contributed by atoms with Gasteiger partial charge in [-0.3, -0.25) is 4.79 Å². The summed E-state index contributed by atoms with van der Waals surface area (Å²) in [6, 6.07) is 17.2. The van der Waals surface area contributed by atoms with Gasteiger partial charge >= 0.3 is 5.97 Å². The summed E-state index contributed by atoms with van der Waals surface area (Å²) in [6.45, 7) is 8.12. The van der Waals surface area contributed by atoms with E-state index in [4.69, 9.17) is 9.47 Å². The van der Waals surface area contributed by atoms with Crippen molar-refractivity contribution < 1.29 is 19.1 Å². The number of Topliss-reactive ketones (excluding diaryl/α,β-unsaturated/α-hetero) is 1. The topological polar surface area (TPSA) is 64.6 Å². The van der Waals surface area contributed by atoms with Crippen molar-refractivity contribution in [3.8, 4) is 11.5 Å². The van der Waals surface area contributed by atoms with Crippen LogP contribution in [0.5, 0.6) is 11.5 Å². The molecule has 1 atom stereocenters. The maximum absolute atomic E-state index is 13.3. The van der Waals surface area contributed by atoms with E-state index in [-0.39, 0.29) is 17.8 Å². The Labute approximate surface area is 189 Å². The summed E-state index contributed by atoms with van der Waals surface area (Å²) >= 11 is 0. The minimum Gasteiger partial charge on any atom is -0.463 e. The first-order valence-corrected chi connectivity index (χ1v) is 11.0. The van der Waals surface area contributed by atoms with Crippen molar-refractivity contribution in [3.63, 3.8) is 0 Å². The van der Waals surface area contributed by atoms with Gasteiger partial charge in [-0.2, -0.15) is 0 Å². The van der Waals surface area contributed by atoms with Crippen LogP contribution in [0.4, 0.5) is 0 Å². The number of hydrogen-bond acceptors (Lipinski definition) is 5. The van der Waals surface area contributed by atoms with Crippen molar-refractivity contribution in [1.29, 1.82) is 0 Å². The number of carbonyl (C=O) groups excluding carboxylic acids is 2. The van der Waals surface area contributed by atoms with Crippen molar-refractivity contribution in [2.75, 3.05) is 6.61 Å². The lowest BCUT2D eigenvalue weighted by atomic mass is 9.68. The number of para-hydroxylation sites is 1. The van der Waals surface area contributed by atoms with Crippen LogP contribution in [0.3, 0.4) is 0 Å². The average Bonchev–Trinajstić information content (AvgIpc) is 2.73. The van der Waals surface area contributed by atoms with Gasteiger partial charge in [-0.15, -0.1) is 0 Å². The van der Waals surface area contributed by atoms with E-state index in [1.807, 2.05) is 61.5 Å². The minimum absolute atomic E-state index is 0.0671. The predicted octanol–water partition coefficient (Wildman–Crippen LogP) is 5.65. The minimum atomic E-state index is -0.492. The van der Waals surface area contributed by atoms with Crippen LogP contribution in [0.1, 0.15) is 52.0 Å². The largest absolute Gasteiger partial charge is 0.463 e. The second-order valence-electron chi connectivity index (χ2n) is 9.14. The van der Waals surface area contributed by atoms with E-state index < -0.39 is 11.9 Å². The highest BCUT2D eigenvalue weighted by Gasteiger charge is 2.43. The molecule has 1 aliphatic heterocycles. The first-order valence-electron chi connectivity index (χ1n) is 11.0. The molecule has 166 valence electrons. The molecule has 5 nitrogen and oxygen atoms in total. The molecule has 4 rings (SSSR count). The predicted molar refractivity (Wildman–Crippen MR) is 123 cm³/mol. The van der Waals surface area contributed by atoms with Gasteiger partial charge in [0.25, 0.3) is 0 Å². The van der Waals surface area contributed by atoms with Crippen LogP contribution in [0, 0.1) is 5.41 Å². The fourth-order valence-corrected chi connectivity index (χ4v) is 4.63. The van der Waals surface area contributed by atoms with Gasteiger partial charge in [-0.1, -0.05) is 44.2 Å². The second kappa shape index (κ2) is 8.65. The lowest BCUT2D eigenvalue weighted by molar-refractivity contribution is -0.138. The lowest BCUT2D eigenvalue weighted by Crippen LogP contribution is -2.38. The zero-order valence-corrected chi connectivity index (χ0v) is 19.0. The number of carbonyl (C=O) groups is 2. The molecule has 0 saturated heterocycles. The van der Waals surface area contributed by atoms with Crippen molar-refractivity contribution in [3.05, 3.63) is 82.7 Å². The lowest BCUT2D eigenvalue weighted by Gasteiger charge is -2.39. The molecule has 0 aromatic heterocycles. The quantitative estimate of drug-likeness (QED) is 0.620. The van der Waals surface area contributed by atoms with E-state index in [0.717, 1.165) is 29.1 Å². The van der Waals surface area contributed by atoms with Crippen molar-refractivity contribution in [2.45, 2.75) is 46.5 Å². The highest BCUT2D eigenvalue weighted by Crippen LogP contribution is 2.47. The summed E-state index contributed by atoms with van der Waals surface area (Å²) in [6.07, 6.45) is 1.19. The second-order valence-corrected chi connectivity index (χ2v) is 9.14. The number of rotatable bonds is 5. The Hall–Kier alpha value is -3.34. The number of hydrogen-bond donors (Lipinski definition) is 1. The first-order chi connectivity index (χ1) is 15.3. The fourth-order valence-electron chi connectivity index (χ4n) is 4.63. The highest BCUT2D eigenvalue weighted by atomic mass is 16.5. The Bertz CT molecular complexity index is 1110. The normalized spacial score (nSPS) is 19.9. The van der Waals surface area contributed by atoms with Crippen LogP contribution in [-0.4, -0.2) is 18.4 Å². The molecule has 0 radical (unpaired) electrons. The SMILES string of the molecule is CCOC(=O)C1=C(C)NC2=C(C(=O)CC(C)(C)C2)C1c1cccc(Oc2ccccc2)c1. The zero-order chi connectivity index (χ0) is 22.9. The van der Waals surface area contributed by atoms with Crippen LogP contribution in [-0.2, 0) is 14.3 Å². The molecule has 0 fully saturated rings. The third-order valence-corrected chi connectivity index (χ3v) is 5.91. The highest BCUT2D eigenvalue weighted by molar-refractivity contribution is 6.04. The number of dihydropyridines is 1. The van der Waals surface area contributed by atoms with Gasteiger partial charge in [-0.05, 0) is 55.5 Å². The van der Waals surface area contributed by atoms with E-state index in [1.54, 1.807) is 6.92 Å². The molecular formula is C27H29NO4. The number of ether oxygens (including phenoxy) is 2. The third kappa shape index (κ3) is 4.33. The van der Waals surface area contributed by atoms with E-state index in [2.05, 4.69) is 19.2 Å². The van der Waals surface area contributed by atoms with Gasteiger partial charge in [0.2, 0.25) is 0 Å². The molecule has 1 heterocycles. The van der Waals surface area contributed by atoms with E-state index in [1.165, 1.54) is 0 Å². The van der Waals surface area contributed by atoms with Crippen molar-refractivity contribution >= 4 is 11.8 Å². The van der Waals surface area contributed by atoms with Crippen LogP contribution in [0.2, 0.25) is 0 Å². The first kappa shape index (κ1) is 21.9. The molecule has 32 heavy (non-hydrogen) atoms. The molecule has 2 aliphatic rings.